The fourth-order valence-electron chi connectivity index (χ4n) is 2.24. The Bertz CT molecular complexity index is 414. The topological polar surface area (TPSA) is 56.7 Å². The van der Waals surface area contributed by atoms with E-state index >= 15 is 0 Å². The largest absolute Gasteiger partial charge is 0.477 e. The standard InChI is InChI=1S/C13H19N3O2/c1-2-6-15-7-9-16(10-8-15)12-5-3-4-11(14-12)13(17)18/h3-5H,2,6-10H2,1H3,(H,17,18). The van der Waals surface area contributed by atoms with E-state index in [-0.39, 0.29) is 5.69 Å². The monoisotopic (exact) mass is 249 g/mol. The van der Waals surface area contributed by atoms with Crippen LogP contribution in [0.4, 0.5) is 5.82 Å². The van der Waals surface area contributed by atoms with E-state index in [1.165, 1.54) is 12.5 Å². The van der Waals surface area contributed by atoms with E-state index in [9.17, 15) is 4.79 Å². The molecule has 5 nitrogen and oxygen atoms in total. The number of nitrogens with zero attached hydrogens (tertiary/aromatic N) is 3. The second-order valence-electron chi connectivity index (χ2n) is 4.51. The van der Waals surface area contributed by atoms with Gasteiger partial charge < -0.3 is 10.0 Å². The number of piperazine rings is 1. The van der Waals surface area contributed by atoms with Gasteiger partial charge in [0.05, 0.1) is 0 Å². The maximum absolute atomic E-state index is 10.9. The molecule has 1 N–H and O–H groups in total. The average Bonchev–Trinajstić information content (AvgIpc) is 2.40. The molecule has 98 valence electrons. The minimum absolute atomic E-state index is 0.114. The van der Waals surface area contributed by atoms with E-state index in [1.54, 1.807) is 6.07 Å². The molecule has 1 saturated heterocycles. The Labute approximate surface area is 107 Å². The first kappa shape index (κ1) is 12.8. The molecule has 1 aromatic rings. The molecule has 0 radical (unpaired) electrons. The van der Waals surface area contributed by atoms with Gasteiger partial charge in [0.15, 0.2) is 5.69 Å². The normalized spacial score (nSPS) is 16.8. The van der Waals surface area contributed by atoms with Gasteiger partial charge in [0.25, 0.3) is 0 Å². The molecule has 1 fully saturated rings. The number of carboxylic acid groups (broad SMARTS) is 1. The third kappa shape index (κ3) is 2.98. The average molecular weight is 249 g/mol. The summed E-state index contributed by atoms with van der Waals surface area (Å²) in [6, 6.07) is 5.16. The van der Waals surface area contributed by atoms with Crippen LogP contribution >= 0.6 is 0 Å². The number of pyridine rings is 1. The molecule has 1 aromatic heterocycles. The van der Waals surface area contributed by atoms with Gasteiger partial charge in [-0.3, -0.25) is 4.90 Å². The summed E-state index contributed by atoms with van der Waals surface area (Å²) in [6.45, 7) is 7.19. The summed E-state index contributed by atoms with van der Waals surface area (Å²) in [7, 11) is 0. The fraction of sp³-hybridized carbons (Fsp3) is 0.538. The summed E-state index contributed by atoms with van der Waals surface area (Å²) >= 11 is 0. The Morgan fingerprint density at radius 2 is 2.06 bits per heavy atom. The lowest BCUT2D eigenvalue weighted by molar-refractivity contribution is 0.0690. The van der Waals surface area contributed by atoms with Crippen LogP contribution in [0.1, 0.15) is 23.8 Å². The lowest BCUT2D eigenvalue weighted by Gasteiger charge is -2.35. The molecule has 1 aliphatic rings. The van der Waals surface area contributed by atoms with Crippen LogP contribution in [0, 0.1) is 0 Å². The highest BCUT2D eigenvalue weighted by atomic mass is 16.4. The van der Waals surface area contributed by atoms with Crippen LogP contribution in [-0.2, 0) is 0 Å². The van der Waals surface area contributed by atoms with Gasteiger partial charge in [-0.05, 0) is 25.1 Å². The number of rotatable bonds is 4. The van der Waals surface area contributed by atoms with E-state index in [1.807, 2.05) is 6.07 Å². The number of carboxylic acids is 1. The van der Waals surface area contributed by atoms with Crippen molar-refractivity contribution in [2.75, 3.05) is 37.6 Å². The van der Waals surface area contributed by atoms with E-state index in [2.05, 4.69) is 21.7 Å². The molecule has 5 heteroatoms. The third-order valence-corrected chi connectivity index (χ3v) is 3.19. The van der Waals surface area contributed by atoms with Crippen molar-refractivity contribution in [2.24, 2.45) is 0 Å². The van der Waals surface area contributed by atoms with Crippen LogP contribution in [-0.4, -0.2) is 53.7 Å². The van der Waals surface area contributed by atoms with Gasteiger partial charge in [0.2, 0.25) is 0 Å². The van der Waals surface area contributed by atoms with E-state index in [0.717, 1.165) is 38.5 Å². The summed E-state index contributed by atoms with van der Waals surface area (Å²) < 4.78 is 0. The summed E-state index contributed by atoms with van der Waals surface area (Å²) in [5.41, 5.74) is 0.114. The zero-order valence-electron chi connectivity index (χ0n) is 10.7. The Balaban J connectivity index is 2.01. The van der Waals surface area contributed by atoms with E-state index in [0.29, 0.717) is 0 Å². The van der Waals surface area contributed by atoms with Gasteiger partial charge in [0.1, 0.15) is 5.82 Å². The number of anilines is 1. The van der Waals surface area contributed by atoms with Gasteiger partial charge >= 0.3 is 5.97 Å². The lowest BCUT2D eigenvalue weighted by Crippen LogP contribution is -2.46. The van der Waals surface area contributed by atoms with Crippen molar-refractivity contribution in [3.63, 3.8) is 0 Å². The van der Waals surface area contributed by atoms with E-state index < -0.39 is 5.97 Å². The van der Waals surface area contributed by atoms with Crippen LogP contribution in [0.15, 0.2) is 18.2 Å². The Morgan fingerprint density at radius 1 is 1.33 bits per heavy atom. The summed E-state index contributed by atoms with van der Waals surface area (Å²) in [5, 5.41) is 8.93. The smallest absolute Gasteiger partial charge is 0.354 e. The summed E-state index contributed by atoms with van der Waals surface area (Å²) in [6.07, 6.45) is 1.17. The van der Waals surface area contributed by atoms with Crippen LogP contribution in [0.25, 0.3) is 0 Å². The number of aromatic nitrogens is 1. The molecule has 0 unspecified atom stereocenters. The highest BCUT2D eigenvalue weighted by Crippen LogP contribution is 2.14. The molecule has 2 rings (SSSR count). The highest BCUT2D eigenvalue weighted by molar-refractivity contribution is 5.85. The Morgan fingerprint density at radius 3 is 2.67 bits per heavy atom. The van der Waals surface area contributed by atoms with E-state index in [4.69, 9.17) is 5.11 Å². The van der Waals surface area contributed by atoms with Crippen LogP contribution in [0.3, 0.4) is 0 Å². The summed E-state index contributed by atoms with van der Waals surface area (Å²) in [4.78, 5) is 19.6. The molecule has 1 aliphatic heterocycles. The summed E-state index contributed by atoms with van der Waals surface area (Å²) in [5.74, 6) is -0.201. The predicted octanol–water partition coefficient (Wildman–Crippen LogP) is 1.31. The zero-order chi connectivity index (χ0) is 13.0. The number of hydrogen-bond donors (Lipinski definition) is 1. The molecule has 0 atom stereocenters. The maximum Gasteiger partial charge on any atom is 0.354 e. The van der Waals surface area contributed by atoms with Crippen molar-refractivity contribution >= 4 is 11.8 Å². The first-order chi connectivity index (χ1) is 8.70. The van der Waals surface area contributed by atoms with Crippen molar-refractivity contribution in [1.29, 1.82) is 0 Å². The molecule has 0 saturated carbocycles. The molecule has 0 amide bonds. The molecule has 0 aliphatic carbocycles. The van der Waals surface area contributed by atoms with Crippen molar-refractivity contribution in [3.05, 3.63) is 23.9 Å². The van der Waals surface area contributed by atoms with Gasteiger partial charge in [-0.15, -0.1) is 0 Å². The number of aromatic carboxylic acids is 1. The van der Waals surface area contributed by atoms with Crippen LogP contribution in [0.5, 0.6) is 0 Å². The quantitative estimate of drug-likeness (QED) is 0.872. The third-order valence-electron chi connectivity index (χ3n) is 3.19. The zero-order valence-corrected chi connectivity index (χ0v) is 10.7. The van der Waals surface area contributed by atoms with Crippen LogP contribution < -0.4 is 4.90 Å². The molecular weight excluding hydrogens is 230 g/mol. The molecular formula is C13H19N3O2. The predicted molar refractivity (Wildman–Crippen MR) is 70.1 cm³/mol. The molecule has 0 spiro atoms. The second kappa shape index (κ2) is 5.82. The highest BCUT2D eigenvalue weighted by Gasteiger charge is 2.18. The van der Waals surface area contributed by atoms with Crippen molar-refractivity contribution in [2.45, 2.75) is 13.3 Å². The number of hydrogen-bond acceptors (Lipinski definition) is 4. The molecule has 0 aromatic carbocycles. The first-order valence-electron chi connectivity index (χ1n) is 6.38. The molecule has 18 heavy (non-hydrogen) atoms. The fourth-order valence-corrected chi connectivity index (χ4v) is 2.24. The van der Waals surface area contributed by atoms with Gasteiger partial charge in [-0.1, -0.05) is 13.0 Å². The molecule has 2 heterocycles. The van der Waals surface area contributed by atoms with Crippen molar-refractivity contribution < 1.29 is 9.90 Å². The van der Waals surface area contributed by atoms with Gasteiger partial charge in [0, 0.05) is 26.2 Å². The lowest BCUT2D eigenvalue weighted by atomic mass is 10.2. The maximum atomic E-state index is 10.9. The molecule has 0 bridgehead atoms. The first-order valence-corrected chi connectivity index (χ1v) is 6.38. The Kier molecular flexibility index (Phi) is 4.15. The van der Waals surface area contributed by atoms with Gasteiger partial charge in [-0.2, -0.15) is 0 Å². The second-order valence-corrected chi connectivity index (χ2v) is 4.51. The van der Waals surface area contributed by atoms with Crippen molar-refractivity contribution in [3.8, 4) is 0 Å². The SMILES string of the molecule is CCCN1CCN(c2cccc(C(=O)O)n2)CC1. The minimum atomic E-state index is -0.971. The minimum Gasteiger partial charge on any atom is -0.477 e. The van der Waals surface area contributed by atoms with Crippen LogP contribution in [0.2, 0.25) is 0 Å². The Hall–Kier alpha value is -1.62. The van der Waals surface area contributed by atoms with Crippen molar-refractivity contribution in [1.82, 2.24) is 9.88 Å². The van der Waals surface area contributed by atoms with Gasteiger partial charge in [-0.25, -0.2) is 9.78 Å². The number of carbonyl (C=O) groups is 1.